The highest BCUT2D eigenvalue weighted by atomic mass is 127. The number of carboxylic acid groups (broad SMARTS) is 1. The van der Waals surface area contributed by atoms with Crippen LogP contribution in [0.25, 0.3) is 0 Å². The van der Waals surface area contributed by atoms with E-state index in [4.69, 9.17) is 10.2 Å². The summed E-state index contributed by atoms with van der Waals surface area (Å²) in [4.78, 5) is 10.4. The van der Waals surface area contributed by atoms with Gasteiger partial charge in [-0.05, 0) is 40.3 Å². The molecule has 0 amide bonds. The third-order valence-corrected chi connectivity index (χ3v) is 2.07. The maximum atomic E-state index is 10.4. The molecule has 0 spiro atoms. The minimum atomic E-state index is -1.42. The van der Waals surface area contributed by atoms with Crippen LogP contribution in [0.5, 0.6) is 0 Å². The smallest absolute Gasteiger partial charge is 0.337 e. The molecule has 0 aromatic heterocycles. The van der Waals surface area contributed by atoms with Crippen molar-refractivity contribution in [3.63, 3.8) is 0 Å². The number of hydrogen-bond acceptors (Lipinski definition) is 2. The molecule has 0 fully saturated rings. The number of aliphatic hydroxyl groups excluding tert-OH is 1. The average molecular weight is 278 g/mol. The zero-order chi connectivity index (χ0) is 9.14. The molecule has 0 aliphatic carbocycles. The first kappa shape index (κ1) is 9.47. The van der Waals surface area contributed by atoms with Crippen molar-refractivity contribution in [2.75, 3.05) is 0 Å². The molecule has 4 heteroatoms. The molecule has 3 nitrogen and oxygen atoms in total. The van der Waals surface area contributed by atoms with E-state index in [1.807, 2.05) is 6.07 Å². The van der Waals surface area contributed by atoms with Gasteiger partial charge in [-0.25, -0.2) is 4.79 Å². The maximum absolute atomic E-state index is 10.4. The molecule has 0 saturated carbocycles. The summed E-state index contributed by atoms with van der Waals surface area (Å²) < 4.78 is 0.908. The van der Waals surface area contributed by atoms with Crippen LogP contribution in [0.2, 0.25) is 0 Å². The summed E-state index contributed by atoms with van der Waals surface area (Å²) in [6.07, 6.45) is -1.42. The number of halogens is 1. The van der Waals surface area contributed by atoms with Crippen LogP contribution >= 0.6 is 22.6 Å². The van der Waals surface area contributed by atoms with Gasteiger partial charge in [-0.1, -0.05) is 12.1 Å². The normalized spacial score (nSPS) is 12.5. The molecule has 0 saturated heterocycles. The van der Waals surface area contributed by atoms with Gasteiger partial charge >= 0.3 is 5.97 Å². The Morgan fingerprint density at radius 1 is 1.50 bits per heavy atom. The summed E-state index contributed by atoms with van der Waals surface area (Å²) >= 11 is 2.06. The van der Waals surface area contributed by atoms with Gasteiger partial charge < -0.3 is 10.2 Å². The molecule has 1 rings (SSSR count). The first-order chi connectivity index (χ1) is 5.61. The van der Waals surface area contributed by atoms with E-state index in [0.717, 1.165) is 3.57 Å². The van der Waals surface area contributed by atoms with Gasteiger partial charge in [0.1, 0.15) is 0 Å². The minimum Gasteiger partial charge on any atom is -0.479 e. The number of aliphatic hydroxyl groups is 1. The fourth-order valence-corrected chi connectivity index (χ4v) is 1.39. The summed E-state index contributed by atoms with van der Waals surface area (Å²) in [7, 11) is 0. The predicted octanol–water partition coefficient (Wildman–Crippen LogP) is 1.41. The molecule has 0 radical (unpaired) electrons. The monoisotopic (exact) mass is 278 g/mol. The molecule has 1 aromatic carbocycles. The third kappa shape index (κ3) is 2.18. The van der Waals surface area contributed by atoms with Gasteiger partial charge in [0.15, 0.2) is 6.10 Å². The van der Waals surface area contributed by atoms with Crippen LogP contribution in [0, 0.1) is 3.57 Å². The van der Waals surface area contributed by atoms with E-state index < -0.39 is 12.1 Å². The van der Waals surface area contributed by atoms with Crippen LogP contribution in [0.3, 0.4) is 0 Å². The highest BCUT2D eigenvalue weighted by Gasteiger charge is 2.15. The number of hydrogen-bond donors (Lipinski definition) is 2. The second-order valence-electron chi connectivity index (χ2n) is 2.30. The highest BCUT2D eigenvalue weighted by Crippen LogP contribution is 2.15. The van der Waals surface area contributed by atoms with Gasteiger partial charge in [0.25, 0.3) is 0 Å². The molecule has 12 heavy (non-hydrogen) atoms. The minimum absolute atomic E-state index is 0.411. The lowest BCUT2D eigenvalue weighted by Crippen LogP contribution is -2.10. The van der Waals surface area contributed by atoms with E-state index in [0.29, 0.717) is 5.56 Å². The summed E-state index contributed by atoms with van der Waals surface area (Å²) in [5, 5.41) is 17.6. The van der Waals surface area contributed by atoms with Crippen LogP contribution < -0.4 is 0 Å². The quantitative estimate of drug-likeness (QED) is 0.804. The Bertz CT molecular complexity index is 298. The van der Waals surface area contributed by atoms with Crippen molar-refractivity contribution in [1.82, 2.24) is 0 Å². The van der Waals surface area contributed by atoms with Crippen molar-refractivity contribution >= 4 is 28.6 Å². The zero-order valence-corrected chi connectivity index (χ0v) is 8.22. The van der Waals surface area contributed by atoms with E-state index >= 15 is 0 Å². The second-order valence-corrected chi connectivity index (χ2v) is 3.54. The fourth-order valence-electron chi connectivity index (χ4n) is 0.819. The number of aliphatic carboxylic acids is 1. The Kier molecular flexibility index (Phi) is 3.05. The van der Waals surface area contributed by atoms with Crippen molar-refractivity contribution in [2.45, 2.75) is 6.10 Å². The lowest BCUT2D eigenvalue weighted by atomic mass is 10.1. The molecule has 0 aliphatic rings. The van der Waals surface area contributed by atoms with Crippen molar-refractivity contribution in [3.8, 4) is 0 Å². The van der Waals surface area contributed by atoms with Crippen molar-refractivity contribution < 1.29 is 15.0 Å². The van der Waals surface area contributed by atoms with Crippen molar-refractivity contribution in [3.05, 3.63) is 33.4 Å². The van der Waals surface area contributed by atoms with Gasteiger partial charge in [0.05, 0.1) is 0 Å². The van der Waals surface area contributed by atoms with Crippen molar-refractivity contribution in [1.29, 1.82) is 0 Å². The van der Waals surface area contributed by atoms with E-state index in [2.05, 4.69) is 22.6 Å². The molecule has 0 aliphatic heterocycles. The summed E-state index contributed by atoms with van der Waals surface area (Å²) in [6, 6.07) is 6.77. The van der Waals surface area contributed by atoms with Crippen molar-refractivity contribution in [2.24, 2.45) is 0 Å². The predicted molar refractivity (Wildman–Crippen MR) is 51.8 cm³/mol. The van der Waals surface area contributed by atoms with Crippen LogP contribution in [0.15, 0.2) is 24.3 Å². The van der Waals surface area contributed by atoms with E-state index in [1.165, 1.54) is 0 Å². The van der Waals surface area contributed by atoms with Crippen LogP contribution in [0.1, 0.15) is 11.7 Å². The Labute approximate surface area is 83.2 Å². The molecular weight excluding hydrogens is 271 g/mol. The summed E-state index contributed by atoms with van der Waals surface area (Å²) in [5.41, 5.74) is 0.411. The molecule has 1 aromatic rings. The largest absolute Gasteiger partial charge is 0.479 e. The lowest BCUT2D eigenvalue weighted by molar-refractivity contribution is -0.146. The number of rotatable bonds is 2. The average Bonchev–Trinajstić information content (AvgIpc) is 2.03. The second kappa shape index (κ2) is 3.86. The Hall–Kier alpha value is -0.620. The number of benzene rings is 1. The molecular formula is C8H7IO3. The SMILES string of the molecule is O=C(O)[C@@H](O)c1cccc(I)c1. The van der Waals surface area contributed by atoms with Gasteiger partial charge in [0.2, 0.25) is 0 Å². The first-order valence-electron chi connectivity index (χ1n) is 3.27. The molecule has 0 heterocycles. The summed E-state index contributed by atoms with van der Waals surface area (Å²) in [6.45, 7) is 0. The highest BCUT2D eigenvalue weighted by molar-refractivity contribution is 14.1. The maximum Gasteiger partial charge on any atom is 0.337 e. The topological polar surface area (TPSA) is 57.5 Å². The number of carboxylic acids is 1. The Morgan fingerprint density at radius 3 is 2.67 bits per heavy atom. The molecule has 1 atom stereocenters. The van der Waals surface area contributed by atoms with E-state index in [1.54, 1.807) is 18.2 Å². The third-order valence-electron chi connectivity index (χ3n) is 1.40. The van der Waals surface area contributed by atoms with Crippen LogP contribution in [-0.4, -0.2) is 16.2 Å². The first-order valence-corrected chi connectivity index (χ1v) is 4.35. The van der Waals surface area contributed by atoms with Crippen LogP contribution in [0.4, 0.5) is 0 Å². The fraction of sp³-hybridized carbons (Fsp3) is 0.125. The zero-order valence-electron chi connectivity index (χ0n) is 6.07. The Morgan fingerprint density at radius 2 is 2.17 bits per heavy atom. The van der Waals surface area contributed by atoms with Gasteiger partial charge in [0, 0.05) is 3.57 Å². The van der Waals surface area contributed by atoms with Crippen LogP contribution in [-0.2, 0) is 4.79 Å². The van der Waals surface area contributed by atoms with E-state index in [-0.39, 0.29) is 0 Å². The molecule has 0 unspecified atom stereocenters. The molecule has 0 bridgehead atoms. The van der Waals surface area contributed by atoms with Gasteiger partial charge in [-0.3, -0.25) is 0 Å². The van der Waals surface area contributed by atoms with Gasteiger partial charge in [-0.15, -0.1) is 0 Å². The summed E-state index contributed by atoms with van der Waals surface area (Å²) in [5.74, 6) is -1.22. The van der Waals surface area contributed by atoms with E-state index in [9.17, 15) is 4.79 Å². The molecule has 64 valence electrons. The number of carbonyl (C=O) groups is 1. The lowest BCUT2D eigenvalue weighted by Gasteiger charge is -2.04. The molecule has 2 N–H and O–H groups in total. The standard InChI is InChI=1S/C8H7IO3/c9-6-3-1-2-5(4-6)7(10)8(11)12/h1-4,7,10H,(H,11,12)/t7-/m0/s1. The van der Waals surface area contributed by atoms with Gasteiger partial charge in [-0.2, -0.15) is 0 Å². The Balaban J connectivity index is 2.95.